The van der Waals surface area contributed by atoms with Crippen LogP contribution in [0.1, 0.15) is 0 Å². The molecule has 0 bridgehead atoms. The fourth-order valence-corrected chi connectivity index (χ4v) is 4.11. The first-order valence-electron chi connectivity index (χ1n) is 10.3. The van der Waals surface area contributed by atoms with Gasteiger partial charge in [0, 0.05) is 57.7 Å². The maximum Gasteiger partial charge on any atom is 0.232 e. The van der Waals surface area contributed by atoms with Crippen molar-refractivity contribution in [3.05, 3.63) is 24.5 Å². The summed E-state index contributed by atoms with van der Waals surface area (Å²) in [5.74, 6) is 1.28. The van der Waals surface area contributed by atoms with Gasteiger partial charge in [-0.25, -0.2) is 15.0 Å². The Morgan fingerprint density at radius 3 is 2.48 bits per heavy atom. The molecule has 2 aliphatic heterocycles. The summed E-state index contributed by atoms with van der Waals surface area (Å²) < 4.78 is 10.8. The maximum atomic E-state index is 5.47. The third kappa shape index (κ3) is 6.94. The van der Waals surface area contributed by atoms with Crippen LogP contribution in [0.4, 0.5) is 11.8 Å². The first kappa shape index (κ1) is 22.1. The Morgan fingerprint density at radius 1 is 1.03 bits per heavy atom. The Labute approximate surface area is 191 Å². The third-order valence-electron chi connectivity index (χ3n) is 4.80. The van der Waals surface area contributed by atoms with Crippen molar-refractivity contribution in [3.63, 3.8) is 0 Å². The highest BCUT2D eigenvalue weighted by atomic mass is 32.2. The summed E-state index contributed by atoms with van der Waals surface area (Å²) in [5.41, 5.74) is 0. The average molecular weight is 463 g/mol. The Balaban J connectivity index is 1.40. The van der Waals surface area contributed by atoms with Crippen LogP contribution in [0.2, 0.25) is 0 Å². The lowest BCUT2D eigenvalue weighted by Gasteiger charge is -2.28. The quantitative estimate of drug-likeness (QED) is 0.347. The van der Waals surface area contributed by atoms with Gasteiger partial charge in [-0.3, -0.25) is 4.90 Å². The molecule has 0 aromatic carbocycles. The molecular formula is C19H26N8O2S2. The number of nitrogens with zero attached hydrogens (tertiary/aromatic N) is 6. The summed E-state index contributed by atoms with van der Waals surface area (Å²) in [6.07, 6.45) is 3.43. The minimum absolute atomic E-state index is 0.450. The van der Waals surface area contributed by atoms with Gasteiger partial charge in [0.2, 0.25) is 5.95 Å². The van der Waals surface area contributed by atoms with Gasteiger partial charge >= 0.3 is 0 Å². The van der Waals surface area contributed by atoms with E-state index in [1.165, 1.54) is 11.8 Å². The minimum Gasteiger partial charge on any atom is -0.379 e. The molecule has 0 atom stereocenters. The summed E-state index contributed by atoms with van der Waals surface area (Å²) in [6.45, 7) is 8.06. The van der Waals surface area contributed by atoms with Crippen molar-refractivity contribution < 1.29 is 9.47 Å². The van der Waals surface area contributed by atoms with Crippen molar-refractivity contribution >= 4 is 40.9 Å². The highest BCUT2D eigenvalue weighted by molar-refractivity contribution is 7.99. The Hall–Kier alpha value is -2.12. The molecule has 4 heterocycles. The lowest BCUT2D eigenvalue weighted by Crippen LogP contribution is -2.42. The van der Waals surface area contributed by atoms with Crippen LogP contribution in [0, 0.1) is 0 Å². The van der Waals surface area contributed by atoms with Gasteiger partial charge in [0.1, 0.15) is 10.8 Å². The standard InChI is InChI=1S/C19H26N8O2S2/c30-18(20-4-5-26-6-10-28-11-7-26)25-17-23-15(27-8-12-29-13-9-27)14-16(24-17)31-19-21-2-1-3-22-19/h1-3,14H,4-13H2,(H2,20,23,24,25,30). The first-order chi connectivity index (χ1) is 15.3. The topological polar surface area (TPSA) is 101 Å². The number of anilines is 2. The second-order valence-electron chi connectivity index (χ2n) is 6.96. The van der Waals surface area contributed by atoms with Gasteiger partial charge < -0.3 is 25.0 Å². The highest BCUT2D eigenvalue weighted by Crippen LogP contribution is 2.27. The van der Waals surface area contributed by atoms with Crippen LogP contribution in [-0.2, 0) is 9.47 Å². The second-order valence-corrected chi connectivity index (χ2v) is 8.35. The minimum atomic E-state index is 0.450. The van der Waals surface area contributed by atoms with Gasteiger partial charge in [-0.1, -0.05) is 0 Å². The molecule has 0 aliphatic carbocycles. The van der Waals surface area contributed by atoms with Crippen LogP contribution in [-0.4, -0.2) is 95.6 Å². The number of morpholine rings is 2. The normalized spacial score (nSPS) is 17.4. The molecule has 12 heteroatoms. The number of hydrogen-bond acceptors (Lipinski definition) is 10. The van der Waals surface area contributed by atoms with Gasteiger partial charge in [-0.2, -0.15) is 4.98 Å². The van der Waals surface area contributed by atoms with E-state index in [2.05, 4.69) is 40.4 Å². The highest BCUT2D eigenvalue weighted by Gasteiger charge is 2.17. The summed E-state index contributed by atoms with van der Waals surface area (Å²) in [5, 5.41) is 8.25. The van der Waals surface area contributed by atoms with E-state index in [0.717, 1.165) is 63.3 Å². The van der Waals surface area contributed by atoms with E-state index in [1.54, 1.807) is 18.5 Å². The molecule has 4 rings (SSSR count). The van der Waals surface area contributed by atoms with Crippen molar-refractivity contribution in [1.29, 1.82) is 0 Å². The van der Waals surface area contributed by atoms with Crippen molar-refractivity contribution in [3.8, 4) is 0 Å². The number of hydrogen-bond donors (Lipinski definition) is 2. The van der Waals surface area contributed by atoms with Crippen LogP contribution in [0.15, 0.2) is 34.7 Å². The molecule has 0 spiro atoms. The Kier molecular flexibility index (Phi) is 8.18. The van der Waals surface area contributed by atoms with Crippen LogP contribution >= 0.6 is 24.0 Å². The fraction of sp³-hybridized carbons (Fsp3) is 0.526. The zero-order valence-corrected chi connectivity index (χ0v) is 18.8. The molecular weight excluding hydrogens is 436 g/mol. The molecule has 0 unspecified atom stereocenters. The van der Waals surface area contributed by atoms with E-state index in [-0.39, 0.29) is 0 Å². The van der Waals surface area contributed by atoms with E-state index >= 15 is 0 Å². The number of aromatic nitrogens is 4. The lowest BCUT2D eigenvalue weighted by molar-refractivity contribution is 0.0389. The van der Waals surface area contributed by atoms with Crippen molar-refractivity contribution in [2.75, 3.05) is 75.9 Å². The van der Waals surface area contributed by atoms with Crippen molar-refractivity contribution in [1.82, 2.24) is 30.2 Å². The van der Waals surface area contributed by atoms with E-state index in [4.69, 9.17) is 21.7 Å². The van der Waals surface area contributed by atoms with Crippen LogP contribution in [0.5, 0.6) is 0 Å². The van der Waals surface area contributed by atoms with Gasteiger partial charge in [0.15, 0.2) is 10.3 Å². The largest absolute Gasteiger partial charge is 0.379 e. The molecule has 2 N–H and O–H groups in total. The molecule has 2 fully saturated rings. The predicted octanol–water partition coefficient (Wildman–Crippen LogP) is 0.873. The summed E-state index contributed by atoms with van der Waals surface area (Å²) in [4.78, 5) is 22.4. The van der Waals surface area contributed by atoms with Crippen LogP contribution in [0.25, 0.3) is 0 Å². The van der Waals surface area contributed by atoms with E-state index in [1.807, 2.05) is 6.07 Å². The monoisotopic (exact) mass is 462 g/mol. The van der Waals surface area contributed by atoms with E-state index in [9.17, 15) is 0 Å². The molecule has 31 heavy (non-hydrogen) atoms. The summed E-state index contributed by atoms with van der Waals surface area (Å²) in [7, 11) is 0. The van der Waals surface area contributed by atoms with Gasteiger partial charge in [-0.05, 0) is 30.0 Å². The number of rotatable bonds is 7. The molecule has 2 aliphatic rings. The van der Waals surface area contributed by atoms with Gasteiger partial charge in [0.05, 0.1) is 26.4 Å². The molecule has 10 nitrogen and oxygen atoms in total. The molecule has 0 saturated carbocycles. The third-order valence-corrected chi connectivity index (χ3v) is 5.86. The smallest absolute Gasteiger partial charge is 0.232 e. The molecule has 2 aromatic rings. The number of thiocarbonyl (C=S) groups is 1. The first-order valence-corrected chi connectivity index (χ1v) is 11.5. The molecule has 2 saturated heterocycles. The fourth-order valence-electron chi connectivity index (χ4n) is 3.21. The zero-order chi connectivity index (χ0) is 21.3. The second kappa shape index (κ2) is 11.5. The maximum absolute atomic E-state index is 5.47. The van der Waals surface area contributed by atoms with Gasteiger partial charge in [0.25, 0.3) is 0 Å². The van der Waals surface area contributed by atoms with Crippen molar-refractivity contribution in [2.24, 2.45) is 0 Å². The average Bonchev–Trinajstić information content (AvgIpc) is 2.81. The summed E-state index contributed by atoms with van der Waals surface area (Å²) >= 11 is 6.86. The molecule has 166 valence electrons. The SMILES string of the molecule is S=C(NCCN1CCOCC1)Nc1nc(Sc2ncccn2)cc(N2CCOCC2)n1. The molecule has 2 aromatic heterocycles. The zero-order valence-electron chi connectivity index (χ0n) is 17.2. The number of nitrogens with one attached hydrogen (secondary N) is 2. The summed E-state index contributed by atoms with van der Waals surface area (Å²) in [6, 6.07) is 3.74. The van der Waals surface area contributed by atoms with Crippen molar-refractivity contribution in [2.45, 2.75) is 10.2 Å². The lowest BCUT2D eigenvalue weighted by atomic mass is 10.4. The molecule has 0 amide bonds. The predicted molar refractivity (Wildman–Crippen MR) is 123 cm³/mol. The van der Waals surface area contributed by atoms with E-state index < -0.39 is 0 Å². The van der Waals surface area contributed by atoms with E-state index in [0.29, 0.717) is 29.4 Å². The number of ether oxygens (including phenoxy) is 2. The molecule has 0 radical (unpaired) electrons. The Morgan fingerprint density at radius 2 is 1.74 bits per heavy atom. The Bertz CT molecular complexity index is 848. The van der Waals surface area contributed by atoms with Gasteiger partial charge in [-0.15, -0.1) is 0 Å². The van der Waals surface area contributed by atoms with Crippen LogP contribution < -0.4 is 15.5 Å². The van der Waals surface area contributed by atoms with Crippen LogP contribution in [0.3, 0.4) is 0 Å².